The number of carbonyl (C=O) groups is 2. The Balaban J connectivity index is 2.30. The maximum atomic E-state index is 12.4. The zero-order valence-electron chi connectivity index (χ0n) is 17.4. The molecule has 0 radical (unpaired) electrons. The van der Waals surface area contributed by atoms with E-state index in [0.717, 1.165) is 36.8 Å². The fourth-order valence-electron chi connectivity index (χ4n) is 3.80. The van der Waals surface area contributed by atoms with Gasteiger partial charge in [-0.15, -0.1) is 0 Å². The van der Waals surface area contributed by atoms with Crippen molar-refractivity contribution in [1.82, 2.24) is 4.90 Å². The molecule has 0 saturated heterocycles. The predicted molar refractivity (Wildman–Crippen MR) is 117 cm³/mol. The largest absolute Gasteiger partial charge is 0.479 e. The van der Waals surface area contributed by atoms with E-state index in [0.29, 0.717) is 18.4 Å². The van der Waals surface area contributed by atoms with Gasteiger partial charge in [0.15, 0.2) is 5.54 Å². The van der Waals surface area contributed by atoms with Crippen molar-refractivity contribution in [3.8, 4) is 11.1 Å². The molecule has 1 unspecified atom stereocenters. The lowest BCUT2D eigenvalue weighted by Crippen LogP contribution is -2.54. The average molecular weight is 397 g/mol. The van der Waals surface area contributed by atoms with Crippen LogP contribution in [0, 0.1) is 0 Å². The van der Waals surface area contributed by atoms with Crippen LogP contribution >= 0.6 is 0 Å². The van der Waals surface area contributed by atoms with Crippen molar-refractivity contribution in [3.63, 3.8) is 0 Å². The molecule has 1 atom stereocenters. The third kappa shape index (κ3) is 5.37. The number of nitrogens with two attached hydrogens (primary N) is 1. The molecule has 0 aromatic heterocycles. The summed E-state index contributed by atoms with van der Waals surface area (Å²) in [6.45, 7) is 2.16. The number of urea groups is 1. The predicted octanol–water partition coefficient (Wildman–Crippen LogP) is 5.39. The molecule has 0 aliphatic rings. The van der Waals surface area contributed by atoms with Gasteiger partial charge in [0.2, 0.25) is 0 Å². The van der Waals surface area contributed by atoms with E-state index in [9.17, 15) is 14.7 Å². The Morgan fingerprint density at radius 2 is 1.45 bits per heavy atom. The average Bonchev–Trinajstić information content (AvgIpc) is 2.73. The number of likely N-dealkylation sites (N-methyl/N-ethyl adjacent to an activating group) is 1. The van der Waals surface area contributed by atoms with Crippen molar-refractivity contribution in [2.45, 2.75) is 57.4 Å². The van der Waals surface area contributed by atoms with E-state index in [1.165, 1.54) is 18.4 Å². The molecule has 2 aromatic rings. The molecule has 5 heteroatoms. The molecule has 0 spiro atoms. The van der Waals surface area contributed by atoms with E-state index in [1.54, 1.807) is 12.1 Å². The first-order valence-electron chi connectivity index (χ1n) is 10.4. The number of primary amides is 1. The molecule has 2 amide bonds. The van der Waals surface area contributed by atoms with Crippen molar-refractivity contribution >= 4 is 12.0 Å². The van der Waals surface area contributed by atoms with Gasteiger partial charge in [-0.05, 0) is 23.1 Å². The first kappa shape index (κ1) is 22.5. The lowest BCUT2D eigenvalue weighted by atomic mass is 9.82. The maximum absolute atomic E-state index is 12.4. The van der Waals surface area contributed by atoms with E-state index < -0.39 is 17.5 Å². The number of carboxylic acid groups (broad SMARTS) is 1. The molecule has 3 N–H and O–H groups in total. The van der Waals surface area contributed by atoms with Crippen molar-refractivity contribution in [3.05, 3.63) is 60.2 Å². The van der Waals surface area contributed by atoms with E-state index in [2.05, 4.69) is 6.92 Å². The Morgan fingerprint density at radius 3 is 2.00 bits per heavy atom. The van der Waals surface area contributed by atoms with Crippen LogP contribution in [-0.4, -0.2) is 29.1 Å². The molecule has 0 heterocycles. The van der Waals surface area contributed by atoms with Crippen molar-refractivity contribution in [1.29, 1.82) is 0 Å². The first-order chi connectivity index (χ1) is 13.9. The lowest BCUT2D eigenvalue weighted by molar-refractivity contribution is -0.150. The van der Waals surface area contributed by atoms with Gasteiger partial charge >= 0.3 is 12.0 Å². The van der Waals surface area contributed by atoms with Crippen LogP contribution in [0.2, 0.25) is 0 Å². The molecule has 2 rings (SSSR count). The number of amides is 2. The summed E-state index contributed by atoms with van der Waals surface area (Å²) in [7, 11) is 1.47. The highest BCUT2D eigenvalue weighted by Crippen LogP contribution is 2.35. The number of hydrogen-bond donors (Lipinski definition) is 2. The van der Waals surface area contributed by atoms with Gasteiger partial charge in [-0.2, -0.15) is 0 Å². The fourth-order valence-corrected chi connectivity index (χ4v) is 3.80. The summed E-state index contributed by atoms with van der Waals surface area (Å²) in [5, 5.41) is 10.2. The van der Waals surface area contributed by atoms with E-state index in [-0.39, 0.29) is 0 Å². The second-order valence-electron chi connectivity index (χ2n) is 7.52. The fraction of sp³-hybridized carbons (Fsp3) is 0.417. The minimum absolute atomic E-state index is 0.332. The van der Waals surface area contributed by atoms with Gasteiger partial charge in [-0.3, -0.25) is 0 Å². The maximum Gasteiger partial charge on any atom is 0.334 e. The SMILES string of the molecule is CCCCCCCCC(C(=O)O)(c1ccc(-c2ccccc2)cc1)N(C)C(N)=O. The minimum Gasteiger partial charge on any atom is -0.479 e. The number of carbonyl (C=O) groups excluding carboxylic acids is 1. The standard InChI is InChI=1S/C24H32N2O3/c1-3-4-5-6-7-11-18-24(22(27)28,26(2)23(25)29)21-16-14-20(15-17-21)19-12-9-8-10-13-19/h8-10,12-17H,3-7,11,18H2,1-2H3,(H2,25,29)(H,27,28). The van der Waals surface area contributed by atoms with Gasteiger partial charge in [-0.1, -0.05) is 100 Å². The summed E-state index contributed by atoms with van der Waals surface area (Å²) in [6.07, 6.45) is 6.55. The van der Waals surface area contributed by atoms with Crippen molar-refractivity contribution in [2.75, 3.05) is 7.05 Å². The van der Waals surface area contributed by atoms with Gasteiger partial charge in [0.25, 0.3) is 0 Å². The Labute approximate surface area is 173 Å². The quantitative estimate of drug-likeness (QED) is 0.499. The van der Waals surface area contributed by atoms with Crippen LogP contribution in [0.5, 0.6) is 0 Å². The Hall–Kier alpha value is -2.82. The zero-order valence-corrected chi connectivity index (χ0v) is 17.4. The highest BCUT2D eigenvalue weighted by atomic mass is 16.4. The third-order valence-corrected chi connectivity index (χ3v) is 5.62. The van der Waals surface area contributed by atoms with Gasteiger partial charge < -0.3 is 15.7 Å². The van der Waals surface area contributed by atoms with Gasteiger partial charge in [0.05, 0.1) is 0 Å². The Morgan fingerprint density at radius 1 is 0.897 bits per heavy atom. The molecule has 0 saturated carbocycles. The number of rotatable bonds is 11. The number of hydrogen-bond acceptors (Lipinski definition) is 2. The first-order valence-corrected chi connectivity index (χ1v) is 10.4. The molecule has 0 aliphatic carbocycles. The van der Waals surface area contributed by atoms with Crippen molar-refractivity contribution < 1.29 is 14.7 Å². The molecule has 2 aromatic carbocycles. The summed E-state index contributed by atoms with van der Waals surface area (Å²) in [5.74, 6) is -1.06. The second-order valence-corrected chi connectivity index (χ2v) is 7.52. The summed E-state index contributed by atoms with van der Waals surface area (Å²) >= 11 is 0. The number of carboxylic acids is 1. The Kier molecular flexibility index (Phi) is 8.25. The van der Waals surface area contributed by atoms with E-state index in [4.69, 9.17) is 5.73 Å². The Bertz CT molecular complexity index is 790. The normalized spacial score (nSPS) is 12.9. The minimum atomic E-state index is -1.47. The van der Waals surface area contributed by atoms with Crippen LogP contribution in [0.3, 0.4) is 0 Å². The smallest absolute Gasteiger partial charge is 0.334 e. The third-order valence-electron chi connectivity index (χ3n) is 5.62. The molecule has 29 heavy (non-hydrogen) atoms. The van der Waals surface area contributed by atoms with Crippen LogP contribution in [-0.2, 0) is 10.3 Å². The van der Waals surface area contributed by atoms with Gasteiger partial charge in [0.1, 0.15) is 0 Å². The van der Waals surface area contributed by atoms with Crippen LogP contribution in [0.4, 0.5) is 4.79 Å². The monoisotopic (exact) mass is 396 g/mol. The molecule has 0 bridgehead atoms. The number of unbranched alkanes of at least 4 members (excludes halogenated alkanes) is 5. The number of benzene rings is 2. The van der Waals surface area contributed by atoms with Crippen LogP contribution in [0.25, 0.3) is 11.1 Å². The summed E-state index contributed by atoms with van der Waals surface area (Å²) in [4.78, 5) is 25.6. The molecule has 0 aliphatic heterocycles. The summed E-state index contributed by atoms with van der Waals surface area (Å²) < 4.78 is 0. The second kappa shape index (κ2) is 10.6. The van der Waals surface area contributed by atoms with Crippen molar-refractivity contribution in [2.24, 2.45) is 5.73 Å². The van der Waals surface area contributed by atoms with Crippen LogP contribution in [0.15, 0.2) is 54.6 Å². The highest BCUT2D eigenvalue weighted by molar-refractivity contribution is 5.87. The van der Waals surface area contributed by atoms with Crippen LogP contribution in [0.1, 0.15) is 57.4 Å². The molecular weight excluding hydrogens is 364 g/mol. The number of nitrogens with zero attached hydrogens (tertiary/aromatic N) is 1. The van der Waals surface area contributed by atoms with Crippen LogP contribution < -0.4 is 5.73 Å². The zero-order chi connectivity index (χ0) is 21.3. The van der Waals surface area contributed by atoms with Gasteiger partial charge in [0, 0.05) is 7.05 Å². The van der Waals surface area contributed by atoms with E-state index in [1.807, 2.05) is 42.5 Å². The topological polar surface area (TPSA) is 83.6 Å². The summed E-state index contributed by atoms with van der Waals surface area (Å²) in [5.41, 5.74) is 6.66. The van der Waals surface area contributed by atoms with E-state index >= 15 is 0 Å². The molecule has 0 fully saturated rings. The summed E-state index contributed by atoms with van der Waals surface area (Å²) in [6, 6.07) is 16.5. The molecule has 156 valence electrons. The number of aliphatic carboxylic acids is 1. The highest BCUT2D eigenvalue weighted by Gasteiger charge is 2.45. The van der Waals surface area contributed by atoms with Gasteiger partial charge in [-0.25, -0.2) is 9.59 Å². The molecule has 5 nitrogen and oxygen atoms in total. The molecular formula is C24H32N2O3. The lowest BCUT2D eigenvalue weighted by Gasteiger charge is -2.38.